The maximum absolute atomic E-state index is 14.5. The smallest absolute Gasteiger partial charge is 0.338 e. The zero-order valence-corrected chi connectivity index (χ0v) is 29.5. The third kappa shape index (κ3) is 6.11. The number of hydrogen-bond donors (Lipinski definition) is 0. The quantitative estimate of drug-likeness (QED) is 0.151. The highest BCUT2D eigenvalue weighted by molar-refractivity contribution is 9.10. The molecule has 1 atom stereocenters. The summed E-state index contributed by atoms with van der Waals surface area (Å²) in [6.07, 6.45) is 1.95. The number of fused-ring (bicyclic) bond motifs is 1. The Morgan fingerprint density at radius 2 is 1.57 bits per heavy atom. The first kappa shape index (κ1) is 32.3. The molecule has 1 aliphatic rings. The Hall–Kier alpha value is -5.25. The molecule has 1 aliphatic heterocycles. The van der Waals surface area contributed by atoms with Crippen LogP contribution in [0.25, 0.3) is 34.3 Å². The lowest BCUT2D eigenvalue weighted by Crippen LogP contribution is -2.39. The van der Waals surface area contributed by atoms with E-state index < -0.39 is 12.0 Å². The van der Waals surface area contributed by atoms with Gasteiger partial charge in [-0.3, -0.25) is 9.36 Å². The van der Waals surface area contributed by atoms with Crippen LogP contribution in [0.5, 0.6) is 5.75 Å². The topological polar surface area (TPSA) is 74.8 Å². The highest BCUT2D eigenvalue weighted by atomic mass is 79.9. The summed E-state index contributed by atoms with van der Waals surface area (Å²) in [4.78, 5) is 33.2. The van der Waals surface area contributed by atoms with E-state index in [1.54, 1.807) is 25.5 Å². The van der Waals surface area contributed by atoms with E-state index in [9.17, 15) is 9.59 Å². The molecule has 0 spiro atoms. The standard InChI is InChI=1S/C40H32BrN3O4S/c1-4-48-39(46)35-25(2)42-40-44(37(35)28-15-21-32(47-3)22-16-28)38(45)34(49-40)24-29-23-33(26-11-7-5-8-12-26)43(31-19-17-30(41)18-20-31)36(29)27-13-9-6-10-14-27/h5-24,37H,4H2,1-3H3/b34-24-/t37-/m0/s1. The van der Waals surface area contributed by atoms with Crippen LogP contribution in [0.15, 0.2) is 141 Å². The molecule has 0 radical (unpaired) electrons. The highest BCUT2D eigenvalue weighted by Crippen LogP contribution is 2.37. The summed E-state index contributed by atoms with van der Waals surface area (Å²) in [6.45, 7) is 3.76. The summed E-state index contributed by atoms with van der Waals surface area (Å²) in [5, 5.41) is 0. The van der Waals surface area contributed by atoms with Crippen molar-refractivity contribution >= 4 is 39.3 Å². The summed E-state index contributed by atoms with van der Waals surface area (Å²) < 4.78 is 16.2. The Balaban J connectivity index is 1.50. The van der Waals surface area contributed by atoms with Crippen LogP contribution in [0.1, 0.15) is 31.0 Å². The third-order valence-corrected chi connectivity index (χ3v) is 9.98. The minimum Gasteiger partial charge on any atom is -0.497 e. The summed E-state index contributed by atoms with van der Waals surface area (Å²) in [5.74, 6) is 0.178. The second kappa shape index (κ2) is 13.7. The molecule has 244 valence electrons. The number of allylic oxidation sites excluding steroid dienone is 1. The molecule has 9 heteroatoms. The van der Waals surface area contributed by atoms with Crippen LogP contribution in [-0.4, -0.2) is 28.8 Å². The zero-order valence-electron chi connectivity index (χ0n) is 27.1. The Morgan fingerprint density at radius 1 is 0.918 bits per heavy atom. The van der Waals surface area contributed by atoms with Crippen molar-refractivity contribution < 1.29 is 14.3 Å². The molecule has 0 N–H and O–H groups in total. The molecule has 0 fully saturated rings. The average Bonchev–Trinajstić information content (AvgIpc) is 3.65. The van der Waals surface area contributed by atoms with Gasteiger partial charge in [-0.2, -0.15) is 0 Å². The molecule has 4 aromatic carbocycles. The van der Waals surface area contributed by atoms with Crippen LogP contribution in [0, 0.1) is 0 Å². The van der Waals surface area contributed by atoms with Crippen LogP contribution in [-0.2, 0) is 9.53 Å². The molecule has 49 heavy (non-hydrogen) atoms. The van der Waals surface area contributed by atoms with Gasteiger partial charge in [0.25, 0.3) is 5.56 Å². The molecule has 6 aromatic rings. The van der Waals surface area contributed by atoms with Gasteiger partial charge >= 0.3 is 5.97 Å². The molecule has 3 heterocycles. The monoisotopic (exact) mass is 729 g/mol. The number of nitrogens with zero attached hydrogens (tertiary/aromatic N) is 3. The Morgan fingerprint density at radius 3 is 2.20 bits per heavy atom. The largest absolute Gasteiger partial charge is 0.497 e. The van der Waals surface area contributed by atoms with Gasteiger partial charge in [-0.1, -0.05) is 100 Å². The number of carbonyl (C=O) groups is 1. The lowest BCUT2D eigenvalue weighted by molar-refractivity contribution is -0.139. The first-order valence-electron chi connectivity index (χ1n) is 15.8. The van der Waals surface area contributed by atoms with E-state index in [-0.39, 0.29) is 12.2 Å². The predicted octanol–water partition coefficient (Wildman–Crippen LogP) is 7.69. The second-order valence-corrected chi connectivity index (χ2v) is 13.4. The van der Waals surface area contributed by atoms with Crippen LogP contribution >= 0.6 is 27.3 Å². The van der Waals surface area contributed by atoms with Crippen molar-refractivity contribution in [1.82, 2.24) is 9.13 Å². The van der Waals surface area contributed by atoms with Crippen molar-refractivity contribution in [3.05, 3.63) is 162 Å². The van der Waals surface area contributed by atoms with E-state index in [2.05, 4.69) is 63.0 Å². The lowest BCUT2D eigenvalue weighted by atomic mass is 9.96. The molecule has 7 nitrogen and oxygen atoms in total. The fraction of sp³-hybridized carbons (Fsp3) is 0.125. The number of rotatable bonds is 8. The third-order valence-electron chi connectivity index (χ3n) is 8.47. The number of ether oxygens (including phenoxy) is 2. The van der Waals surface area contributed by atoms with Gasteiger partial charge in [0.15, 0.2) is 4.80 Å². The van der Waals surface area contributed by atoms with Gasteiger partial charge in [0, 0.05) is 15.7 Å². The molecule has 7 rings (SSSR count). The number of hydrogen-bond acceptors (Lipinski definition) is 6. The van der Waals surface area contributed by atoms with Crippen LogP contribution < -0.4 is 19.6 Å². The van der Waals surface area contributed by atoms with E-state index >= 15 is 0 Å². The van der Waals surface area contributed by atoms with Crippen molar-refractivity contribution in [2.24, 2.45) is 4.99 Å². The van der Waals surface area contributed by atoms with Crippen molar-refractivity contribution in [3.8, 4) is 34.0 Å². The molecule has 0 bridgehead atoms. The fourth-order valence-corrected chi connectivity index (χ4v) is 7.55. The van der Waals surface area contributed by atoms with E-state index in [0.717, 1.165) is 43.8 Å². The minimum atomic E-state index is -0.718. The predicted molar refractivity (Wildman–Crippen MR) is 198 cm³/mol. The molecular weight excluding hydrogens is 698 g/mol. The molecule has 0 aliphatic carbocycles. The molecule has 0 saturated heterocycles. The summed E-state index contributed by atoms with van der Waals surface area (Å²) in [7, 11) is 1.60. The molecule has 0 amide bonds. The molecule has 0 unspecified atom stereocenters. The van der Waals surface area contributed by atoms with Crippen LogP contribution in [0.3, 0.4) is 0 Å². The highest BCUT2D eigenvalue weighted by Gasteiger charge is 2.33. The van der Waals surface area contributed by atoms with E-state index in [1.165, 1.54) is 11.3 Å². The van der Waals surface area contributed by atoms with E-state index in [0.29, 0.717) is 26.4 Å². The van der Waals surface area contributed by atoms with Gasteiger partial charge < -0.3 is 14.0 Å². The maximum Gasteiger partial charge on any atom is 0.338 e. The van der Waals surface area contributed by atoms with Crippen molar-refractivity contribution in [1.29, 1.82) is 0 Å². The first-order valence-corrected chi connectivity index (χ1v) is 17.4. The zero-order chi connectivity index (χ0) is 34.1. The number of halogens is 1. The van der Waals surface area contributed by atoms with Gasteiger partial charge in [-0.05, 0) is 79.1 Å². The number of aromatic nitrogens is 2. The van der Waals surface area contributed by atoms with Gasteiger partial charge in [0.1, 0.15) is 5.75 Å². The van der Waals surface area contributed by atoms with Crippen molar-refractivity contribution in [3.63, 3.8) is 0 Å². The maximum atomic E-state index is 14.5. The number of thiazole rings is 1. The molecule has 0 saturated carbocycles. The van der Waals surface area contributed by atoms with E-state index in [4.69, 9.17) is 14.5 Å². The Kier molecular flexibility index (Phi) is 9.03. The van der Waals surface area contributed by atoms with Crippen LogP contribution in [0.4, 0.5) is 0 Å². The van der Waals surface area contributed by atoms with Crippen LogP contribution in [0.2, 0.25) is 0 Å². The molecular formula is C40H32BrN3O4S. The van der Waals surface area contributed by atoms with Gasteiger partial charge in [-0.25, -0.2) is 9.79 Å². The number of benzene rings is 4. The minimum absolute atomic E-state index is 0.205. The van der Waals surface area contributed by atoms with Gasteiger partial charge in [0.2, 0.25) is 0 Å². The summed E-state index contributed by atoms with van der Waals surface area (Å²) >= 11 is 4.89. The van der Waals surface area contributed by atoms with Gasteiger partial charge in [-0.15, -0.1) is 0 Å². The van der Waals surface area contributed by atoms with Crippen molar-refractivity contribution in [2.45, 2.75) is 19.9 Å². The number of methoxy groups -OCH3 is 1. The molecule has 2 aromatic heterocycles. The SMILES string of the molecule is CCOC(=O)C1=C(C)N=c2s/c(=C\c3cc(-c4ccccc4)n(-c4ccc(Br)cc4)c3-c3ccccc3)c(=O)n2[C@H]1c1ccc(OC)cc1. The summed E-state index contributed by atoms with van der Waals surface area (Å²) in [6, 6.07) is 37.4. The lowest BCUT2D eigenvalue weighted by Gasteiger charge is -2.24. The normalized spacial score (nSPS) is 14.4. The van der Waals surface area contributed by atoms with Crippen molar-refractivity contribution in [2.75, 3.05) is 13.7 Å². The average molecular weight is 731 g/mol. The number of esters is 1. The first-order chi connectivity index (χ1) is 23.9. The summed E-state index contributed by atoms with van der Waals surface area (Å²) in [5.41, 5.74) is 7.20. The Bertz CT molecular complexity index is 2370. The van der Waals surface area contributed by atoms with E-state index in [1.807, 2.05) is 78.9 Å². The van der Waals surface area contributed by atoms with Gasteiger partial charge in [0.05, 0.1) is 46.9 Å². The Labute approximate surface area is 295 Å². The second-order valence-electron chi connectivity index (χ2n) is 11.5. The number of carbonyl (C=O) groups excluding carboxylic acids is 1. The fourth-order valence-electron chi connectivity index (χ4n) is 6.25.